The van der Waals surface area contributed by atoms with Gasteiger partial charge in [0.2, 0.25) is 0 Å². The molecule has 0 heteroatoms. The topological polar surface area (TPSA) is 0 Å². The summed E-state index contributed by atoms with van der Waals surface area (Å²) in [7, 11) is 0. The second-order valence-corrected chi connectivity index (χ2v) is 7.12. The lowest BCUT2D eigenvalue weighted by Crippen LogP contribution is -2.10. The molecule has 0 aromatic heterocycles. The van der Waals surface area contributed by atoms with Crippen LogP contribution in [0.2, 0.25) is 0 Å². The van der Waals surface area contributed by atoms with Crippen molar-refractivity contribution in [3.05, 3.63) is 96.1 Å². The molecular formula is C27H38. The van der Waals surface area contributed by atoms with Crippen LogP contribution in [0.1, 0.15) is 70.9 Å². The summed E-state index contributed by atoms with van der Waals surface area (Å²) in [6.07, 6.45) is 12.4. The fourth-order valence-electron chi connectivity index (χ4n) is 3.28. The van der Waals surface area contributed by atoms with Crippen LogP contribution in [0.5, 0.6) is 0 Å². The van der Waals surface area contributed by atoms with E-state index in [-0.39, 0.29) is 0 Å². The fourth-order valence-corrected chi connectivity index (χ4v) is 3.28. The largest absolute Gasteiger partial charge is 0.0843 e. The van der Waals surface area contributed by atoms with Crippen molar-refractivity contribution in [1.82, 2.24) is 0 Å². The molecule has 0 fully saturated rings. The van der Waals surface area contributed by atoms with Crippen molar-refractivity contribution in [2.24, 2.45) is 11.8 Å². The third kappa shape index (κ3) is 8.43. The Bertz CT molecular complexity index is 583. The molecule has 0 amide bonds. The molecule has 3 rings (SSSR count). The number of benzene rings is 2. The molecule has 27 heavy (non-hydrogen) atoms. The highest BCUT2D eigenvalue weighted by Crippen LogP contribution is 2.33. The Hall–Kier alpha value is -2.08. The van der Waals surface area contributed by atoms with Crippen molar-refractivity contribution in [2.45, 2.75) is 59.8 Å². The van der Waals surface area contributed by atoms with Crippen LogP contribution in [0.25, 0.3) is 0 Å². The molecule has 1 aliphatic carbocycles. The molecule has 0 aliphatic heterocycles. The zero-order valence-electron chi connectivity index (χ0n) is 17.9. The first kappa shape index (κ1) is 23.0. The van der Waals surface area contributed by atoms with Crippen LogP contribution in [0.15, 0.2) is 85.0 Å². The summed E-state index contributed by atoms with van der Waals surface area (Å²) in [6, 6.07) is 21.7. The van der Waals surface area contributed by atoms with Crippen LogP contribution in [0, 0.1) is 11.8 Å². The van der Waals surface area contributed by atoms with Crippen LogP contribution >= 0.6 is 0 Å². The normalized spacial score (nSPS) is 14.4. The first-order valence-electron chi connectivity index (χ1n) is 10.6. The Morgan fingerprint density at radius 2 is 1.19 bits per heavy atom. The molecule has 0 bridgehead atoms. The predicted molar refractivity (Wildman–Crippen MR) is 122 cm³/mol. The first-order valence-corrected chi connectivity index (χ1v) is 10.6. The molecule has 1 aliphatic rings. The van der Waals surface area contributed by atoms with Crippen molar-refractivity contribution in [2.75, 3.05) is 0 Å². The van der Waals surface area contributed by atoms with E-state index >= 15 is 0 Å². The zero-order valence-corrected chi connectivity index (χ0v) is 17.9. The molecule has 0 N–H and O–H groups in total. The van der Waals surface area contributed by atoms with E-state index in [9.17, 15) is 0 Å². The van der Waals surface area contributed by atoms with Crippen LogP contribution in [-0.2, 0) is 0 Å². The molecule has 1 atom stereocenters. The van der Waals surface area contributed by atoms with Gasteiger partial charge >= 0.3 is 0 Å². The van der Waals surface area contributed by atoms with E-state index in [0.29, 0.717) is 11.8 Å². The molecule has 0 saturated carbocycles. The maximum Gasteiger partial charge on any atom is 0.0115 e. The summed E-state index contributed by atoms with van der Waals surface area (Å²) < 4.78 is 0. The average Bonchev–Trinajstić information content (AvgIpc) is 2.99. The minimum Gasteiger partial charge on any atom is -0.0843 e. The van der Waals surface area contributed by atoms with Crippen LogP contribution in [0.3, 0.4) is 0 Å². The maximum atomic E-state index is 2.34. The van der Waals surface area contributed by atoms with E-state index in [1.807, 2.05) is 13.8 Å². The van der Waals surface area contributed by atoms with Crippen molar-refractivity contribution in [3.8, 4) is 0 Å². The zero-order chi connectivity index (χ0) is 19.9. The van der Waals surface area contributed by atoms with Gasteiger partial charge in [0.1, 0.15) is 0 Å². The van der Waals surface area contributed by atoms with Gasteiger partial charge in [0.05, 0.1) is 0 Å². The van der Waals surface area contributed by atoms with Crippen molar-refractivity contribution >= 4 is 0 Å². The second kappa shape index (κ2) is 14.0. The van der Waals surface area contributed by atoms with Gasteiger partial charge in [0.25, 0.3) is 0 Å². The number of rotatable bonds is 4. The molecule has 0 nitrogen and oxygen atoms in total. The molecule has 0 heterocycles. The number of hydrogen-bond donors (Lipinski definition) is 0. The Kier molecular flexibility index (Phi) is 11.9. The average molecular weight is 363 g/mol. The van der Waals surface area contributed by atoms with E-state index in [4.69, 9.17) is 0 Å². The minimum absolute atomic E-state index is 0.516. The molecule has 0 spiro atoms. The Morgan fingerprint density at radius 3 is 1.56 bits per heavy atom. The lowest BCUT2D eigenvalue weighted by molar-refractivity contribution is 0.496. The lowest BCUT2D eigenvalue weighted by Gasteiger charge is -2.24. The van der Waals surface area contributed by atoms with Gasteiger partial charge in [0, 0.05) is 5.92 Å². The molecule has 2 aromatic rings. The summed E-state index contributed by atoms with van der Waals surface area (Å²) in [6.45, 7) is 10.9. The van der Waals surface area contributed by atoms with Gasteiger partial charge in [-0.05, 0) is 35.8 Å². The van der Waals surface area contributed by atoms with E-state index in [1.165, 1.54) is 30.4 Å². The minimum atomic E-state index is 0.516. The van der Waals surface area contributed by atoms with Gasteiger partial charge in [-0.25, -0.2) is 0 Å². The number of hydrogen-bond acceptors (Lipinski definition) is 0. The van der Waals surface area contributed by atoms with E-state index in [2.05, 4.69) is 106 Å². The summed E-state index contributed by atoms with van der Waals surface area (Å²) in [5.74, 6) is 2.03. The molecule has 146 valence electrons. The predicted octanol–water partition coefficient (Wildman–Crippen LogP) is 8.42. The van der Waals surface area contributed by atoms with Crippen LogP contribution in [0.4, 0.5) is 0 Å². The van der Waals surface area contributed by atoms with E-state index in [1.54, 1.807) is 0 Å². The summed E-state index contributed by atoms with van der Waals surface area (Å²) in [5.41, 5.74) is 2.85. The molecule has 0 radical (unpaired) electrons. The van der Waals surface area contributed by atoms with Gasteiger partial charge in [-0.1, -0.05) is 126 Å². The van der Waals surface area contributed by atoms with E-state index < -0.39 is 0 Å². The third-order valence-electron chi connectivity index (χ3n) is 4.99. The van der Waals surface area contributed by atoms with Crippen LogP contribution in [-0.4, -0.2) is 0 Å². The maximum absolute atomic E-state index is 2.34. The standard InChI is InChI=1S/C17H20.C8H12.C2H6/c1-3-14(2)17(15-10-6-4-7-11-15)16-12-8-5-9-13-16;1-8-6-4-2-3-5-7-8;1-2/h4-14,17H,3H2,1-2H3;2-5,8H,6-7H2,1H3;1-2H3. The third-order valence-corrected chi connectivity index (χ3v) is 4.99. The summed E-state index contributed by atoms with van der Waals surface area (Å²) in [4.78, 5) is 0. The summed E-state index contributed by atoms with van der Waals surface area (Å²) >= 11 is 0. The lowest BCUT2D eigenvalue weighted by atomic mass is 9.80. The van der Waals surface area contributed by atoms with Gasteiger partial charge in [-0.2, -0.15) is 0 Å². The Labute approximate surface area is 168 Å². The van der Waals surface area contributed by atoms with E-state index in [0.717, 1.165) is 5.92 Å². The SMILES string of the molecule is CC.CC1CC=CC=CC1.CCC(C)C(c1ccccc1)c1ccccc1. The van der Waals surface area contributed by atoms with Gasteiger partial charge < -0.3 is 0 Å². The fraction of sp³-hybridized carbons (Fsp3) is 0.407. The van der Waals surface area contributed by atoms with Crippen molar-refractivity contribution in [1.29, 1.82) is 0 Å². The van der Waals surface area contributed by atoms with Crippen molar-refractivity contribution < 1.29 is 0 Å². The monoisotopic (exact) mass is 362 g/mol. The highest BCUT2D eigenvalue weighted by molar-refractivity contribution is 5.32. The molecular weight excluding hydrogens is 324 g/mol. The first-order chi connectivity index (χ1) is 13.2. The molecule has 2 aromatic carbocycles. The van der Waals surface area contributed by atoms with Crippen LogP contribution < -0.4 is 0 Å². The Balaban J connectivity index is 0.000000305. The van der Waals surface area contributed by atoms with Crippen molar-refractivity contribution in [3.63, 3.8) is 0 Å². The number of allylic oxidation sites excluding steroid dienone is 4. The van der Waals surface area contributed by atoms with Gasteiger partial charge in [-0.15, -0.1) is 0 Å². The quantitative estimate of drug-likeness (QED) is 0.512. The van der Waals surface area contributed by atoms with Gasteiger partial charge in [-0.3, -0.25) is 0 Å². The highest BCUT2D eigenvalue weighted by atomic mass is 14.2. The Morgan fingerprint density at radius 1 is 0.778 bits per heavy atom. The highest BCUT2D eigenvalue weighted by Gasteiger charge is 2.19. The van der Waals surface area contributed by atoms with Gasteiger partial charge in [0.15, 0.2) is 0 Å². The molecule has 1 unspecified atom stereocenters. The smallest absolute Gasteiger partial charge is 0.0115 e. The molecule has 0 saturated heterocycles. The second-order valence-electron chi connectivity index (χ2n) is 7.12. The summed E-state index contributed by atoms with van der Waals surface area (Å²) in [5, 5.41) is 0.